The first kappa shape index (κ1) is 18.4. The number of ether oxygens (including phenoxy) is 1. The van der Waals surface area contributed by atoms with Crippen LogP contribution < -0.4 is 0 Å². The molecule has 0 amide bonds. The molecule has 9 heteroatoms. The van der Waals surface area contributed by atoms with Crippen LogP contribution in [0, 0.1) is 0 Å². The quantitative estimate of drug-likeness (QED) is 0.586. The van der Waals surface area contributed by atoms with Gasteiger partial charge in [-0.2, -0.15) is 0 Å². The molecule has 0 aliphatic heterocycles. The summed E-state index contributed by atoms with van der Waals surface area (Å²) in [6, 6.07) is 1.31. The molecular weight excluding hydrogens is 359 g/mol. The summed E-state index contributed by atoms with van der Waals surface area (Å²) >= 11 is 12.5. The third-order valence-corrected chi connectivity index (χ3v) is 4.93. The van der Waals surface area contributed by atoms with Crippen molar-refractivity contribution in [3.8, 4) is 0 Å². The number of carbonyl (C=O) groups excluding carboxylic acids is 2. The van der Waals surface area contributed by atoms with Crippen LogP contribution in [0.2, 0.25) is 8.67 Å². The molecule has 0 bridgehead atoms. The lowest BCUT2D eigenvalue weighted by Gasteiger charge is -2.19. The minimum atomic E-state index is -3.93. The van der Waals surface area contributed by atoms with Crippen LogP contribution in [0.5, 0.6) is 0 Å². The zero-order chi connectivity index (χ0) is 16.4. The van der Waals surface area contributed by atoms with E-state index in [1.807, 2.05) is 0 Å². The monoisotopic (exact) mass is 372 g/mol. The predicted octanol–water partition coefficient (Wildman–Crippen LogP) is 2.99. The van der Waals surface area contributed by atoms with Crippen molar-refractivity contribution in [2.45, 2.75) is 26.4 Å². The van der Waals surface area contributed by atoms with Gasteiger partial charge in [0.1, 0.15) is 21.4 Å². The van der Waals surface area contributed by atoms with E-state index in [-0.39, 0.29) is 14.2 Å². The number of sulfone groups is 1. The van der Waals surface area contributed by atoms with E-state index in [4.69, 9.17) is 27.9 Å². The second kappa shape index (κ2) is 6.64. The summed E-state index contributed by atoms with van der Waals surface area (Å²) in [7, 11) is -3.93. The maximum absolute atomic E-state index is 11.9. The number of halogens is 2. The SMILES string of the molecule is CC(C)(C)OC(=O)CS(=O)(=O)CC(=O)c1cc(Cl)sc1Cl. The molecule has 1 rings (SSSR count). The highest BCUT2D eigenvalue weighted by Crippen LogP contribution is 2.31. The van der Waals surface area contributed by atoms with Crippen molar-refractivity contribution in [1.29, 1.82) is 0 Å². The zero-order valence-corrected chi connectivity index (χ0v) is 14.8. The number of carbonyl (C=O) groups is 2. The fourth-order valence-electron chi connectivity index (χ4n) is 1.41. The van der Waals surface area contributed by atoms with Crippen LogP contribution >= 0.6 is 34.5 Å². The molecule has 1 heterocycles. The summed E-state index contributed by atoms with van der Waals surface area (Å²) in [6.07, 6.45) is 0. The Balaban J connectivity index is 2.75. The molecule has 0 N–H and O–H groups in total. The van der Waals surface area contributed by atoms with Gasteiger partial charge in [0.05, 0.1) is 4.34 Å². The van der Waals surface area contributed by atoms with Crippen LogP contribution in [0.25, 0.3) is 0 Å². The molecule has 0 unspecified atom stereocenters. The molecule has 5 nitrogen and oxygen atoms in total. The topological polar surface area (TPSA) is 77.5 Å². The molecule has 0 spiro atoms. The van der Waals surface area contributed by atoms with E-state index in [0.717, 1.165) is 11.3 Å². The van der Waals surface area contributed by atoms with Crippen molar-refractivity contribution < 1.29 is 22.7 Å². The van der Waals surface area contributed by atoms with Gasteiger partial charge in [0.15, 0.2) is 15.6 Å². The lowest BCUT2D eigenvalue weighted by molar-refractivity contribution is -0.151. The van der Waals surface area contributed by atoms with E-state index in [0.29, 0.717) is 0 Å². The number of rotatable bonds is 5. The van der Waals surface area contributed by atoms with Gasteiger partial charge in [-0.1, -0.05) is 23.2 Å². The van der Waals surface area contributed by atoms with E-state index in [2.05, 4.69) is 0 Å². The van der Waals surface area contributed by atoms with Crippen LogP contribution in [0.4, 0.5) is 0 Å². The molecular formula is C12H14Cl2O5S2. The molecule has 118 valence electrons. The smallest absolute Gasteiger partial charge is 0.321 e. The van der Waals surface area contributed by atoms with Gasteiger partial charge in [-0.3, -0.25) is 9.59 Å². The molecule has 0 aliphatic carbocycles. The van der Waals surface area contributed by atoms with Crippen molar-refractivity contribution in [2.75, 3.05) is 11.5 Å². The second-order valence-electron chi connectivity index (χ2n) is 5.28. The van der Waals surface area contributed by atoms with Gasteiger partial charge in [-0.25, -0.2) is 8.42 Å². The molecule has 0 aliphatic rings. The summed E-state index contributed by atoms with van der Waals surface area (Å²) in [5.41, 5.74) is -0.750. The Kier molecular flexibility index (Phi) is 5.83. The molecule has 1 aromatic heterocycles. The van der Waals surface area contributed by atoms with Gasteiger partial charge >= 0.3 is 5.97 Å². The Hall–Kier alpha value is -0.630. The van der Waals surface area contributed by atoms with Crippen molar-refractivity contribution in [2.24, 2.45) is 0 Å². The van der Waals surface area contributed by atoms with Gasteiger partial charge in [-0.15, -0.1) is 11.3 Å². The highest BCUT2D eigenvalue weighted by atomic mass is 35.5. The molecule has 1 aromatic rings. The van der Waals surface area contributed by atoms with E-state index >= 15 is 0 Å². The molecule has 0 atom stereocenters. The fourth-order valence-corrected chi connectivity index (χ4v) is 3.98. The maximum Gasteiger partial charge on any atom is 0.321 e. The summed E-state index contributed by atoms with van der Waals surface area (Å²) in [5.74, 6) is -3.28. The number of hydrogen-bond acceptors (Lipinski definition) is 6. The van der Waals surface area contributed by atoms with Crippen LogP contribution in [0.1, 0.15) is 31.1 Å². The predicted molar refractivity (Wildman–Crippen MR) is 83.2 cm³/mol. The first-order chi connectivity index (χ1) is 9.39. The first-order valence-corrected chi connectivity index (χ1v) is 9.19. The summed E-state index contributed by atoms with van der Waals surface area (Å²) in [6.45, 7) is 4.86. The maximum atomic E-state index is 11.9. The van der Waals surface area contributed by atoms with Crippen molar-refractivity contribution in [3.63, 3.8) is 0 Å². The fraction of sp³-hybridized carbons (Fsp3) is 0.500. The molecule has 0 aromatic carbocycles. The van der Waals surface area contributed by atoms with Gasteiger partial charge in [0.25, 0.3) is 0 Å². The largest absolute Gasteiger partial charge is 0.459 e. The minimum Gasteiger partial charge on any atom is -0.459 e. The summed E-state index contributed by atoms with van der Waals surface area (Å²) in [4.78, 5) is 23.4. The van der Waals surface area contributed by atoms with Crippen LogP contribution in [0.15, 0.2) is 6.07 Å². The molecule has 0 fully saturated rings. The molecule has 0 saturated heterocycles. The number of ketones is 1. The lowest BCUT2D eigenvalue weighted by atomic mass is 10.2. The highest BCUT2D eigenvalue weighted by molar-refractivity contribution is 7.92. The van der Waals surface area contributed by atoms with Crippen LogP contribution in [-0.4, -0.2) is 37.3 Å². The first-order valence-electron chi connectivity index (χ1n) is 5.80. The van der Waals surface area contributed by atoms with Gasteiger partial charge in [-0.05, 0) is 26.8 Å². The molecule has 21 heavy (non-hydrogen) atoms. The summed E-state index contributed by atoms with van der Waals surface area (Å²) in [5, 5.41) is 0. The van der Waals surface area contributed by atoms with E-state index in [1.165, 1.54) is 6.07 Å². The zero-order valence-electron chi connectivity index (χ0n) is 11.6. The Morgan fingerprint density at radius 2 is 1.81 bits per heavy atom. The normalized spacial score (nSPS) is 12.2. The Labute approximate surface area is 137 Å². The van der Waals surface area contributed by atoms with Gasteiger partial charge in [0, 0.05) is 5.56 Å². The third kappa shape index (κ3) is 6.34. The van der Waals surface area contributed by atoms with Gasteiger partial charge in [0.2, 0.25) is 0 Å². The third-order valence-electron chi connectivity index (χ3n) is 2.07. The van der Waals surface area contributed by atoms with E-state index in [9.17, 15) is 18.0 Å². The number of Topliss-reactive ketones (excluding diaryl/α,β-unsaturated/α-hetero) is 1. The highest BCUT2D eigenvalue weighted by Gasteiger charge is 2.26. The van der Waals surface area contributed by atoms with Gasteiger partial charge < -0.3 is 4.74 Å². The Morgan fingerprint density at radius 3 is 2.24 bits per heavy atom. The Bertz CT molecular complexity index is 656. The standard InChI is InChI=1S/C12H14Cl2O5S2/c1-12(2,3)19-10(16)6-21(17,18)5-8(15)7-4-9(13)20-11(7)14/h4H,5-6H2,1-3H3. The average Bonchev–Trinajstić information content (AvgIpc) is 2.52. The number of hydrogen-bond donors (Lipinski definition) is 0. The lowest BCUT2D eigenvalue weighted by Crippen LogP contribution is -2.30. The number of thiophene rings is 1. The van der Waals surface area contributed by atoms with Crippen LogP contribution in [-0.2, 0) is 19.4 Å². The van der Waals surface area contributed by atoms with E-state index in [1.54, 1.807) is 20.8 Å². The average molecular weight is 373 g/mol. The molecule has 0 saturated carbocycles. The van der Waals surface area contributed by atoms with E-state index < -0.39 is 38.7 Å². The van der Waals surface area contributed by atoms with Crippen LogP contribution in [0.3, 0.4) is 0 Å². The number of esters is 1. The van der Waals surface area contributed by atoms with Crippen molar-refractivity contribution in [1.82, 2.24) is 0 Å². The molecule has 0 radical (unpaired) electrons. The minimum absolute atomic E-state index is 0.0411. The van der Waals surface area contributed by atoms with Crippen molar-refractivity contribution >= 4 is 56.1 Å². The summed E-state index contributed by atoms with van der Waals surface area (Å²) < 4.78 is 29.0. The Morgan fingerprint density at radius 1 is 1.24 bits per heavy atom. The second-order valence-corrected chi connectivity index (χ2v) is 9.63. The van der Waals surface area contributed by atoms with Crippen molar-refractivity contribution in [3.05, 3.63) is 20.3 Å².